The Labute approximate surface area is 115 Å². The molecule has 18 heavy (non-hydrogen) atoms. The Morgan fingerprint density at radius 1 is 1.39 bits per heavy atom. The molecular formula is C15H25NOS. The van der Waals surface area contributed by atoms with Crippen LogP contribution in [0.4, 0.5) is 0 Å². The molecule has 0 bridgehead atoms. The smallest absolute Gasteiger partial charge is 0.0478 e. The fraction of sp³-hybridized carbons (Fsp3) is 0.733. The van der Waals surface area contributed by atoms with Gasteiger partial charge in [-0.25, -0.2) is 0 Å². The van der Waals surface area contributed by atoms with Crippen molar-refractivity contribution in [3.05, 3.63) is 22.4 Å². The lowest BCUT2D eigenvalue weighted by atomic mass is 10.1. The summed E-state index contributed by atoms with van der Waals surface area (Å²) in [6.07, 6.45) is 6.32. The largest absolute Gasteiger partial charge is 0.381 e. The van der Waals surface area contributed by atoms with Crippen LogP contribution >= 0.6 is 11.3 Å². The Morgan fingerprint density at radius 3 is 2.89 bits per heavy atom. The molecule has 1 atom stereocenters. The number of hydrogen-bond acceptors (Lipinski definition) is 3. The lowest BCUT2D eigenvalue weighted by molar-refractivity contribution is 0.128. The maximum atomic E-state index is 5.59. The molecule has 1 heterocycles. The van der Waals surface area contributed by atoms with Crippen LogP contribution in [0.3, 0.4) is 0 Å². The minimum absolute atomic E-state index is 0.598. The van der Waals surface area contributed by atoms with E-state index in [1.54, 1.807) is 0 Å². The van der Waals surface area contributed by atoms with Gasteiger partial charge in [0.1, 0.15) is 0 Å². The minimum Gasteiger partial charge on any atom is -0.381 e. The molecule has 2 rings (SSSR count). The summed E-state index contributed by atoms with van der Waals surface area (Å²) in [5.74, 6) is 0.879. The molecule has 1 aromatic rings. The van der Waals surface area contributed by atoms with Crippen molar-refractivity contribution in [2.75, 3.05) is 19.8 Å². The van der Waals surface area contributed by atoms with E-state index in [9.17, 15) is 0 Å². The lowest BCUT2D eigenvalue weighted by Gasteiger charge is -2.16. The van der Waals surface area contributed by atoms with Gasteiger partial charge in [-0.1, -0.05) is 19.4 Å². The second-order valence-electron chi connectivity index (χ2n) is 5.10. The highest BCUT2D eigenvalue weighted by Gasteiger charge is 2.32. The molecule has 2 nitrogen and oxygen atoms in total. The second kappa shape index (κ2) is 7.93. The van der Waals surface area contributed by atoms with Crippen LogP contribution in [0, 0.1) is 5.92 Å². The Balaban J connectivity index is 1.59. The van der Waals surface area contributed by atoms with E-state index >= 15 is 0 Å². The zero-order valence-electron chi connectivity index (χ0n) is 11.4. The number of thiophene rings is 1. The zero-order chi connectivity index (χ0) is 12.6. The van der Waals surface area contributed by atoms with Crippen LogP contribution < -0.4 is 5.32 Å². The predicted molar refractivity (Wildman–Crippen MR) is 78.1 cm³/mol. The van der Waals surface area contributed by atoms with Crippen LogP contribution in [0.15, 0.2) is 17.5 Å². The number of rotatable bonds is 10. The van der Waals surface area contributed by atoms with Crippen LogP contribution in [0.5, 0.6) is 0 Å². The molecule has 1 aliphatic carbocycles. The van der Waals surface area contributed by atoms with Gasteiger partial charge in [-0.3, -0.25) is 0 Å². The molecule has 0 aromatic carbocycles. The minimum atomic E-state index is 0.598. The molecule has 0 saturated heterocycles. The third-order valence-electron chi connectivity index (χ3n) is 3.42. The van der Waals surface area contributed by atoms with E-state index in [-0.39, 0.29) is 0 Å². The molecule has 1 N–H and O–H groups in total. The summed E-state index contributed by atoms with van der Waals surface area (Å²) in [5, 5.41) is 5.89. The summed E-state index contributed by atoms with van der Waals surface area (Å²) in [6, 6.07) is 5.02. The highest BCUT2D eigenvalue weighted by atomic mass is 32.1. The highest BCUT2D eigenvalue weighted by molar-refractivity contribution is 7.10. The van der Waals surface area contributed by atoms with Gasteiger partial charge in [-0.2, -0.15) is 0 Å². The first kappa shape index (κ1) is 14.0. The first-order chi connectivity index (χ1) is 8.92. The molecule has 1 aliphatic rings. The van der Waals surface area contributed by atoms with Crippen molar-refractivity contribution in [1.82, 2.24) is 5.32 Å². The van der Waals surface area contributed by atoms with Crippen molar-refractivity contribution in [2.45, 2.75) is 45.1 Å². The first-order valence-electron chi connectivity index (χ1n) is 7.26. The van der Waals surface area contributed by atoms with Gasteiger partial charge >= 0.3 is 0 Å². The first-order valence-corrected chi connectivity index (χ1v) is 8.14. The van der Waals surface area contributed by atoms with Crippen LogP contribution in [-0.2, 0) is 4.74 Å². The standard InChI is InChI=1S/C15H25NOS/c1-2-3-10-17-11-5-9-16-15(13-7-8-13)14-6-4-12-18-14/h4,6,12-13,15-16H,2-3,5,7-11H2,1H3. The van der Waals surface area contributed by atoms with E-state index in [1.165, 1.54) is 30.6 Å². The van der Waals surface area contributed by atoms with E-state index in [2.05, 4.69) is 29.8 Å². The van der Waals surface area contributed by atoms with Crippen LogP contribution in [0.2, 0.25) is 0 Å². The number of unbranched alkanes of at least 4 members (excludes halogenated alkanes) is 1. The highest BCUT2D eigenvalue weighted by Crippen LogP contribution is 2.42. The molecule has 1 unspecified atom stereocenters. The average molecular weight is 267 g/mol. The van der Waals surface area contributed by atoms with Gasteiger partial charge in [0.2, 0.25) is 0 Å². The number of nitrogens with one attached hydrogen (secondary N) is 1. The number of hydrogen-bond donors (Lipinski definition) is 1. The zero-order valence-corrected chi connectivity index (χ0v) is 12.2. The topological polar surface area (TPSA) is 21.3 Å². The molecule has 1 aromatic heterocycles. The predicted octanol–water partition coefficient (Wildman–Crippen LogP) is 4.00. The lowest BCUT2D eigenvalue weighted by Crippen LogP contribution is -2.24. The SMILES string of the molecule is CCCCOCCCNC(c1cccs1)C1CC1. The molecular weight excluding hydrogens is 242 g/mol. The molecule has 0 radical (unpaired) electrons. The molecule has 102 valence electrons. The van der Waals surface area contributed by atoms with E-state index in [0.29, 0.717) is 6.04 Å². The Morgan fingerprint density at radius 2 is 2.22 bits per heavy atom. The quantitative estimate of drug-likeness (QED) is 0.647. The maximum Gasteiger partial charge on any atom is 0.0478 e. The fourth-order valence-corrected chi connectivity index (χ4v) is 3.07. The van der Waals surface area contributed by atoms with Gasteiger partial charge in [0.15, 0.2) is 0 Å². The van der Waals surface area contributed by atoms with Crippen molar-refractivity contribution < 1.29 is 4.74 Å². The molecule has 3 heteroatoms. The van der Waals surface area contributed by atoms with Crippen molar-refractivity contribution in [3.8, 4) is 0 Å². The summed E-state index contributed by atoms with van der Waals surface area (Å²) in [6.45, 7) is 5.10. The van der Waals surface area contributed by atoms with Gasteiger partial charge in [0.25, 0.3) is 0 Å². The third-order valence-corrected chi connectivity index (χ3v) is 4.37. The van der Waals surface area contributed by atoms with Crippen LogP contribution in [0.1, 0.15) is 49.9 Å². The van der Waals surface area contributed by atoms with E-state index < -0.39 is 0 Å². The molecule has 0 spiro atoms. The summed E-state index contributed by atoms with van der Waals surface area (Å²) in [5.41, 5.74) is 0. The van der Waals surface area contributed by atoms with Gasteiger partial charge in [-0.15, -0.1) is 11.3 Å². The van der Waals surface area contributed by atoms with Crippen molar-refractivity contribution in [2.24, 2.45) is 5.92 Å². The Kier molecular flexibility index (Phi) is 6.18. The molecule has 1 fully saturated rings. The third kappa shape index (κ3) is 4.71. The van der Waals surface area contributed by atoms with Crippen LogP contribution in [0.25, 0.3) is 0 Å². The monoisotopic (exact) mass is 267 g/mol. The Bertz CT molecular complexity index is 308. The second-order valence-corrected chi connectivity index (χ2v) is 6.08. The van der Waals surface area contributed by atoms with Crippen LogP contribution in [-0.4, -0.2) is 19.8 Å². The molecule has 0 amide bonds. The summed E-state index contributed by atoms with van der Waals surface area (Å²) >= 11 is 1.88. The molecule has 1 saturated carbocycles. The normalized spacial score (nSPS) is 16.9. The molecule has 0 aliphatic heterocycles. The van der Waals surface area contributed by atoms with Gasteiger partial charge in [0.05, 0.1) is 0 Å². The van der Waals surface area contributed by atoms with E-state index in [1.807, 2.05) is 11.3 Å². The fourth-order valence-electron chi connectivity index (χ4n) is 2.18. The van der Waals surface area contributed by atoms with Crippen molar-refractivity contribution in [1.29, 1.82) is 0 Å². The van der Waals surface area contributed by atoms with Gasteiger partial charge in [0, 0.05) is 24.1 Å². The summed E-state index contributed by atoms with van der Waals surface area (Å²) < 4.78 is 5.59. The van der Waals surface area contributed by atoms with E-state index in [0.717, 1.165) is 32.1 Å². The van der Waals surface area contributed by atoms with Gasteiger partial charge in [-0.05, 0) is 49.6 Å². The summed E-state index contributed by atoms with van der Waals surface area (Å²) in [4.78, 5) is 1.50. The van der Waals surface area contributed by atoms with E-state index in [4.69, 9.17) is 4.74 Å². The van der Waals surface area contributed by atoms with Gasteiger partial charge < -0.3 is 10.1 Å². The number of ether oxygens (including phenoxy) is 1. The maximum absolute atomic E-state index is 5.59. The summed E-state index contributed by atoms with van der Waals surface area (Å²) in [7, 11) is 0. The van der Waals surface area contributed by atoms with Crippen molar-refractivity contribution >= 4 is 11.3 Å². The van der Waals surface area contributed by atoms with Crippen molar-refractivity contribution in [3.63, 3.8) is 0 Å². The Hall–Kier alpha value is -0.380. The average Bonchev–Trinajstić information content (AvgIpc) is 3.07.